The molecule has 0 aliphatic rings. The van der Waals surface area contributed by atoms with Gasteiger partial charge in [0.1, 0.15) is 0 Å². The van der Waals surface area contributed by atoms with Crippen molar-refractivity contribution < 1.29 is 16.8 Å². The number of hydrogen-bond acceptors (Lipinski definition) is 4. The molecular formula is C18H24N2O4S2. The van der Waals surface area contributed by atoms with Gasteiger partial charge in [0.05, 0.1) is 9.79 Å². The van der Waals surface area contributed by atoms with Gasteiger partial charge in [0.15, 0.2) is 0 Å². The van der Waals surface area contributed by atoms with Gasteiger partial charge in [0.2, 0.25) is 20.0 Å². The lowest BCUT2D eigenvalue weighted by atomic mass is 10.1. The zero-order chi connectivity index (χ0) is 19.5. The van der Waals surface area contributed by atoms with E-state index in [-0.39, 0.29) is 22.9 Å². The van der Waals surface area contributed by atoms with Crippen molar-refractivity contribution in [2.45, 2.75) is 30.6 Å². The molecule has 0 spiro atoms. The molecular weight excluding hydrogens is 372 g/mol. The minimum absolute atomic E-state index is 0.0170. The summed E-state index contributed by atoms with van der Waals surface area (Å²) in [4.78, 5) is 0.354. The van der Waals surface area contributed by atoms with Gasteiger partial charge in [-0.1, -0.05) is 23.8 Å². The van der Waals surface area contributed by atoms with Gasteiger partial charge in [-0.3, -0.25) is 0 Å². The molecule has 0 aromatic heterocycles. The number of likely N-dealkylation sites (N-methyl/N-ethyl adjacent to an activating group) is 1. The summed E-state index contributed by atoms with van der Waals surface area (Å²) in [5, 5.41) is 0. The van der Waals surface area contributed by atoms with E-state index in [1.165, 1.54) is 13.1 Å². The molecule has 0 amide bonds. The number of hydrogen-bond donors (Lipinski definition) is 1. The molecule has 26 heavy (non-hydrogen) atoms. The summed E-state index contributed by atoms with van der Waals surface area (Å²) >= 11 is 0. The Bertz CT molecular complexity index is 982. The van der Waals surface area contributed by atoms with Crippen LogP contribution in [0.1, 0.15) is 16.7 Å². The number of benzene rings is 2. The minimum Gasteiger partial charge on any atom is -0.210 e. The Kier molecular flexibility index (Phi) is 6.23. The summed E-state index contributed by atoms with van der Waals surface area (Å²) in [5.41, 5.74) is 2.85. The van der Waals surface area contributed by atoms with Crippen LogP contribution in [-0.4, -0.2) is 41.3 Å². The SMILES string of the molecule is Cc1ccc(S(=O)(=O)N(C)CCNS(=O)(=O)c2ccc(C)c(C)c2)cc1. The van der Waals surface area contributed by atoms with E-state index >= 15 is 0 Å². The predicted molar refractivity (Wildman–Crippen MR) is 102 cm³/mol. The second-order valence-corrected chi connectivity index (χ2v) is 10.1. The molecule has 0 saturated carbocycles. The molecule has 0 aliphatic carbocycles. The van der Waals surface area contributed by atoms with Gasteiger partial charge in [0.25, 0.3) is 0 Å². The van der Waals surface area contributed by atoms with Gasteiger partial charge in [-0.25, -0.2) is 21.6 Å². The highest BCUT2D eigenvalue weighted by molar-refractivity contribution is 7.89. The van der Waals surface area contributed by atoms with Gasteiger partial charge in [-0.05, 0) is 56.2 Å². The highest BCUT2D eigenvalue weighted by Crippen LogP contribution is 2.16. The van der Waals surface area contributed by atoms with Crippen molar-refractivity contribution in [1.29, 1.82) is 0 Å². The summed E-state index contributed by atoms with van der Waals surface area (Å²) in [6.07, 6.45) is 0. The predicted octanol–water partition coefficient (Wildman–Crippen LogP) is 2.21. The van der Waals surface area contributed by atoms with Crippen molar-refractivity contribution in [3.63, 3.8) is 0 Å². The van der Waals surface area contributed by atoms with Gasteiger partial charge < -0.3 is 0 Å². The third-order valence-corrected chi connectivity index (χ3v) is 7.57. The van der Waals surface area contributed by atoms with Crippen LogP contribution >= 0.6 is 0 Å². The van der Waals surface area contributed by atoms with Crippen LogP contribution in [0, 0.1) is 20.8 Å². The molecule has 0 bridgehead atoms. The van der Waals surface area contributed by atoms with Gasteiger partial charge >= 0.3 is 0 Å². The average Bonchev–Trinajstić information content (AvgIpc) is 2.57. The molecule has 2 rings (SSSR count). The zero-order valence-electron chi connectivity index (χ0n) is 15.4. The second-order valence-electron chi connectivity index (χ2n) is 6.28. The van der Waals surface area contributed by atoms with Crippen LogP contribution in [0.4, 0.5) is 0 Å². The maximum absolute atomic E-state index is 12.5. The first-order valence-electron chi connectivity index (χ1n) is 8.14. The van der Waals surface area contributed by atoms with E-state index in [2.05, 4.69) is 4.72 Å². The van der Waals surface area contributed by atoms with Crippen LogP contribution in [0.5, 0.6) is 0 Å². The molecule has 0 aliphatic heterocycles. The first-order valence-corrected chi connectivity index (χ1v) is 11.1. The van der Waals surface area contributed by atoms with Crippen LogP contribution in [0.25, 0.3) is 0 Å². The third-order valence-electron chi connectivity index (χ3n) is 4.24. The highest BCUT2D eigenvalue weighted by Gasteiger charge is 2.21. The van der Waals surface area contributed by atoms with Crippen molar-refractivity contribution >= 4 is 20.0 Å². The van der Waals surface area contributed by atoms with Crippen LogP contribution in [-0.2, 0) is 20.0 Å². The van der Waals surface area contributed by atoms with E-state index in [9.17, 15) is 16.8 Å². The Balaban J connectivity index is 2.03. The van der Waals surface area contributed by atoms with E-state index in [0.717, 1.165) is 21.0 Å². The van der Waals surface area contributed by atoms with E-state index in [1.807, 2.05) is 20.8 Å². The molecule has 0 fully saturated rings. The second kappa shape index (κ2) is 7.87. The maximum Gasteiger partial charge on any atom is 0.242 e. The van der Waals surface area contributed by atoms with Gasteiger partial charge in [0, 0.05) is 20.1 Å². The molecule has 0 saturated heterocycles. The highest BCUT2D eigenvalue weighted by atomic mass is 32.2. The molecule has 6 nitrogen and oxygen atoms in total. The monoisotopic (exact) mass is 396 g/mol. The first-order chi connectivity index (χ1) is 12.0. The van der Waals surface area contributed by atoms with E-state index in [4.69, 9.17) is 0 Å². The molecule has 8 heteroatoms. The molecule has 0 radical (unpaired) electrons. The van der Waals surface area contributed by atoms with E-state index < -0.39 is 20.0 Å². The molecule has 0 heterocycles. The van der Waals surface area contributed by atoms with Crippen LogP contribution in [0.2, 0.25) is 0 Å². The van der Waals surface area contributed by atoms with Crippen LogP contribution in [0.3, 0.4) is 0 Å². The normalized spacial score (nSPS) is 12.5. The lowest BCUT2D eigenvalue weighted by molar-refractivity contribution is 0.469. The Hall–Kier alpha value is -1.74. The smallest absolute Gasteiger partial charge is 0.210 e. The molecule has 2 aromatic carbocycles. The van der Waals surface area contributed by atoms with E-state index in [0.29, 0.717) is 0 Å². The molecule has 1 N–H and O–H groups in total. The fourth-order valence-corrected chi connectivity index (χ4v) is 4.59. The fourth-order valence-electron chi connectivity index (χ4n) is 2.31. The summed E-state index contributed by atoms with van der Waals surface area (Å²) in [6, 6.07) is 11.4. The molecule has 2 aromatic rings. The summed E-state index contributed by atoms with van der Waals surface area (Å²) in [6.45, 7) is 5.64. The molecule has 0 atom stereocenters. The number of aryl methyl sites for hydroxylation is 3. The average molecular weight is 397 g/mol. The lowest BCUT2D eigenvalue weighted by Gasteiger charge is -2.17. The number of nitrogens with zero attached hydrogens (tertiary/aromatic N) is 1. The van der Waals surface area contributed by atoms with Crippen molar-refractivity contribution in [2.24, 2.45) is 0 Å². The van der Waals surface area contributed by atoms with Crippen LogP contribution < -0.4 is 4.72 Å². The Morgan fingerprint density at radius 2 is 1.42 bits per heavy atom. The van der Waals surface area contributed by atoms with Crippen molar-refractivity contribution in [3.05, 3.63) is 59.2 Å². The first kappa shape index (κ1) is 20.6. The Morgan fingerprint density at radius 3 is 2.00 bits per heavy atom. The summed E-state index contributed by atoms with van der Waals surface area (Å²) in [5.74, 6) is 0. The van der Waals surface area contributed by atoms with Crippen molar-refractivity contribution in [2.75, 3.05) is 20.1 Å². The Morgan fingerprint density at radius 1 is 0.846 bits per heavy atom. The lowest BCUT2D eigenvalue weighted by Crippen LogP contribution is -2.36. The largest absolute Gasteiger partial charge is 0.242 e. The number of nitrogens with one attached hydrogen (secondary N) is 1. The van der Waals surface area contributed by atoms with E-state index in [1.54, 1.807) is 36.4 Å². The maximum atomic E-state index is 12.5. The Labute approximate surface area is 156 Å². The summed E-state index contributed by atoms with van der Waals surface area (Å²) in [7, 11) is -5.90. The topological polar surface area (TPSA) is 83.6 Å². The number of rotatable bonds is 7. The standard InChI is InChI=1S/C18H24N2O4S2/c1-14-5-8-17(9-6-14)26(23,24)20(4)12-11-19-25(21,22)18-10-7-15(2)16(3)13-18/h5-10,13,19H,11-12H2,1-4H3. The van der Waals surface area contributed by atoms with Crippen molar-refractivity contribution in [1.82, 2.24) is 9.03 Å². The molecule has 142 valence electrons. The molecule has 0 unspecified atom stereocenters. The fraction of sp³-hybridized carbons (Fsp3) is 0.333. The third kappa shape index (κ3) is 4.70. The van der Waals surface area contributed by atoms with Crippen LogP contribution in [0.15, 0.2) is 52.3 Å². The summed E-state index contributed by atoms with van der Waals surface area (Å²) < 4.78 is 53.3. The van der Waals surface area contributed by atoms with Gasteiger partial charge in [-0.2, -0.15) is 4.31 Å². The zero-order valence-corrected chi connectivity index (χ0v) is 17.0. The van der Waals surface area contributed by atoms with Crippen molar-refractivity contribution in [3.8, 4) is 0 Å². The quantitative estimate of drug-likeness (QED) is 0.778. The van der Waals surface area contributed by atoms with Gasteiger partial charge in [-0.15, -0.1) is 0 Å². The number of sulfonamides is 2. The minimum atomic E-state index is -3.68.